The Morgan fingerprint density at radius 2 is 2.00 bits per heavy atom. The van der Waals surface area contributed by atoms with Gasteiger partial charge in [0.2, 0.25) is 0 Å². The Morgan fingerprint density at radius 3 is 2.56 bits per heavy atom. The Bertz CT molecular complexity index is 534. The first-order valence-corrected chi connectivity index (χ1v) is 7.43. The van der Waals surface area contributed by atoms with Gasteiger partial charge in [0.1, 0.15) is 4.88 Å². The summed E-state index contributed by atoms with van der Waals surface area (Å²) in [4.78, 5) is 13.4. The first-order valence-electron chi connectivity index (χ1n) is 5.39. The summed E-state index contributed by atoms with van der Waals surface area (Å²) >= 11 is 3.01. The number of nitrogens with one attached hydrogen (secondary N) is 1. The van der Waals surface area contributed by atoms with Crippen LogP contribution < -0.4 is 5.32 Å². The molecular weight excluding hydrogens is 266 g/mol. The van der Waals surface area contributed by atoms with E-state index >= 15 is 0 Å². The molecule has 2 rings (SSSR count). The van der Waals surface area contributed by atoms with Crippen molar-refractivity contribution in [2.24, 2.45) is 0 Å². The van der Waals surface area contributed by atoms with Crippen LogP contribution >= 0.6 is 23.1 Å². The van der Waals surface area contributed by atoms with Gasteiger partial charge in [-0.25, -0.2) is 4.79 Å². The van der Waals surface area contributed by atoms with Crippen molar-refractivity contribution >= 4 is 34.8 Å². The van der Waals surface area contributed by atoms with Gasteiger partial charge in [-0.1, -0.05) is 0 Å². The van der Waals surface area contributed by atoms with Gasteiger partial charge in [-0.3, -0.25) is 0 Å². The molecule has 0 aliphatic heterocycles. The first-order chi connectivity index (χ1) is 8.69. The van der Waals surface area contributed by atoms with Crippen molar-refractivity contribution in [3.8, 4) is 0 Å². The molecule has 94 valence electrons. The highest BCUT2D eigenvalue weighted by Gasteiger charge is 2.06. The molecule has 0 bridgehead atoms. The molecule has 2 N–H and O–H groups in total. The number of benzene rings is 1. The van der Waals surface area contributed by atoms with Gasteiger partial charge in [0.25, 0.3) is 0 Å². The lowest BCUT2D eigenvalue weighted by Gasteiger charge is -2.05. The summed E-state index contributed by atoms with van der Waals surface area (Å²) in [6, 6.07) is 11.7. The highest BCUT2D eigenvalue weighted by atomic mass is 32.2. The Kier molecular flexibility index (Phi) is 4.28. The lowest BCUT2D eigenvalue weighted by atomic mass is 10.3. The summed E-state index contributed by atoms with van der Waals surface area (Å²) in [6.45, 7) is 0.649. The Morgan fingerprint density at radius 1 is 1.28 bits per heavy atom. The van der Waals surface area contributed by atoms with Crippen LogP contribution in [0, 0.1) is 0 Å². The smallest absolute Gasteiger partial charge is 0.345 e. The highest BCUT2D eigenvalue weighted by molar-refractivity contribution is 7.98. The Hall–Kier alpha value is -1.46. The predicted molar refractivity (Wildman–Crippen MR) is 76.8 cm³/mol. The van der Waals surface area contributed by atoms with Crippen LogP contribution in [-0.2, 0) is 6.54 Å². The molecule has 0 saturated carbocycles. The molecule has 2 aromatic rings. The average molecular weight is 279 g/mol. The normalized spacial score (nSPS) is 10.3. The van der Waals surface area contributed by atoms with Gasteiger partial charge >= 0.3 is 5.97 Å². The van der Waals surface area contributed by atoms with E-state index in [0.29, 0.717) is 11.4 Å². The van der Waals surface area contributed by atoms with Crippen LogP contribution in [0.15, 0.2) is 41.3 Å². The maximum absolute atomic E-state index is 10.7. The Labute approximate surface area is 114 Å². The quantitative estimate of drug-likeness (QED) is 0.818. The van der Waals surface area contributed by atoms with Gasteiger partial charge in [-0.2, -0.15) is 0 Å². The predicted octanol–water partition coefficient (Wildman–Crippen LogP) is 3.78. The number of aromatic carboxylic acids is 1. The third kappa shape index (κ3) is 3.27. The maximum Gasteiger partial charge on any atom is 0.345 e. The molecular formula is C13H13NO2S2. The molecule has 5 heteroatoms. The van der Waals surface area contributed by atoms with E-state index in [1.807, 2.05) is 24.5 Å². The molecule has 0 unspecified atom stereocenters. The van der Waals surface area contributed by atoms with Crippen LogP contribution in [0.1, 0.15) is 14.5 Å². The summed E-state index contributed by atoms with van der Waals surface area (Å²) in [5.74, 6) is -0.865. The second-order valence-corrected chi connectivity index (χ2v) is 5.70. The number of rotatable bonds is 5. The molecule has 0 fully saturated rings. The molecule has 0 aliphatic rings. The number of anilines is 1. The fourth-order valence-corrected chi connectivity index (χ4v) is 2.68. The van der Waals surface area contributed by atoms with Crippen molar-refractivity contribution in [1.29, 1.82) is 0 Å². The maximum atomic E-state index is 10.7. The lowest BCUT2D eigenvalue weighted by Crippen LogP contribution is -1.96. The molecule has 1 heterocycles. The van der Waals surface area contributed by atoms with Crippen molar-refractivity contribution < 1.29 is 9.90 Å². The van der Waals surface area contributed by atoms with Gasteiger partial charge in [-0.05, 0) is 42.7 Å². The van der Waals surface area contributed by atoms with E-state index in [2.05, 4.69) is 17.4 Å². The fourth-order valence-electron chi connectivity index (χ4n) is 1.49. The van der Waals surface area contributed by atoms with Gasteiger partial charge in [0, 0.05) is 22.0 Å². The molecule has 1 aromatic heterocycles. The van der Waals surface area contributed by atoms with Crippen molar-refractivity contribution in [2.45, 2.75) is 11.4 Å². The zero-order chi connectivity index (χ0) is 13.0. The van der Waals surface area contributed by atoms with Crippen LogP contribution in [-0.4, -0.2) is 17.3 Å². The van der Waals surface area contributed by atoms with Crippen molar-refractivity contribution in [1.82, 2.24) is 0 Å². The molecule has 0 saturated heterocycles. The minimum atomic E-state index is -0.865. The van der Waals surface area contributed by atoms with E-state index < -0.39 is 5.97 Å². The SMILES string of the molecule is CSc1ccc(NCc2ccc(C(=O)O)s2)cc1. The highest BCUT2D eigenvalue weighted by Crippen LogP contribution is 2.20. The molecule has 0 amide bonds. The number of carbonyl (C=O) groups is 1. The molecule has 0 atom stereocenters. The van der Waals surface area contributed by atoms with Crippen LogP contribution in [0.5, 0.6) is 0 Å². The van der Waals surface area contributed by atoms with Gasteiger partial charge in [-0.15, -0.1) is 23.1 Å². The van der Waals surface area contributed by atoms with Crippen molar-refractivity contribution in [3.05, 3.63) is 46.2 Å². The first kappa shape index (κ1) is 13.0. The van der Waals surface area contributed by atoms with Crippen molar-refractivity contribution in [3.63, 3.8) is 0 Å². The van der Waals surface area contributed by atoms with E-state index in [0.717, 1.165) is 10.6 Å². The summed E-state index contributed by atoms with van der Waals surface area (Å²) in [5.41, 5.74) is 1.04. The number of carboxylic acid groups (broad SMARTS) is 1. The van der Waals surface area contributed by atoms with Crippen molar-refractivity contribution in [2.75, 3.05) is 11.6 Å². The third-order valence-electron chi connectivity index (χ3n) is 2.43. The van der Waals surface area contributed by atoms with Gasteiger partial charge in [0.05, 0.1) is 0 Å². The summed E-state index contributed by atoms with van der Waals surface area (Å²) < 4.78 is 0. The van der Waals surface area contributed by atoms with Crippen LogP contribution in [0.3, 0.4) is 0 Å². The zero-order valence-electron chi connectivity index (χ0n) is 9.84. The lowest BCUT2D eigenvalue weighted by molar-refractivity contribution is 0.0702. The zero-order valence-corrected chi connectivity index (χ0v) is 11.5. The molecule has 3 nitrogen and oxygen atoms in total. The topological polar surface area (TPSA) is 49.3 Å². The summed E-state index contributed by atoms with van der Waals surface area (Å²) in [5, 5.41) is 12.1. The van der Waals surface area contributed by atoms with Crippen LogP contribution in [0.25, 0.3) is 0 Å². The summed E-state index contributed by atoms with van der Waals surface area (Å²) in [6.07, 6.45) is 2.04. The largest absolute Gasteiger partial charge is 0.477 e. The third-order valence-corrected chi connectivity index (χ3v) is 4.25. The molecule has 0 spiro atoms. The molecule has 0 radical (unpaired) electrons. The molecule has 1 aromatic carbocycles. The van der Waals surface area contributed by atoms with E-state index in [4.69, 9.17) is 5.11 Å². The molecule has 18 heavy (non-hydrogen) atoms. The van der Waals surface area contributed by atoms with Crippen LogP contribution in [0.2, 0.25) is 0 Å². The van der Waals surface area contributed by atoms with E-state index in [1.54, 1.807) is 17.8 Å². The van der Waals surface area contributed by atoms with E-state index in [-0.39, 0.29) is 0 Å². The minimum Gasteiger partial charge on any atom is -0.477 e. The Balaban J connectivity index is 1.95. The number of hydrogen-bond acceptors (Lipinski definition) is 4. The number of thioether (sulfide) groups is 1. The minimum absolute atomic E-state index is 0.379. The van der Waals surface area contributed by atoms with Gasteiger partial charge < -0.3 is 10.4 Å². The standard InChI is InChI=1S/C13H13NO2S2/c1-17-10-4-2-9(3-5-10)14-8-11-6-7-12(18-11)13(15)16/h2-7,14H,8H2,1H3,(H,15,16). The second kappa shape index (κ2) is 5.93. The average Bonchev–Trinajstić information content (AvgIpc) is 2.86. The van der Waals surface area contributed by atoms with E-state index in [1.165, 1.54) is 16.2 Å². The second-order valence-electron chi connectivity index (χ2n) is 3.65. The van der Waals surface area contributed by atoms with E-state index in [9.17, 15) is 4.79 Å². The monoisotopic (exact) mass is 279 g/mol. The molecule has 0 aliphatic carbocycles. The number of carboxylic acids is 1. The fraction of sp³-hybridized carbons (Fsp3) is 0.154. The van der Waals surface area contributed by atoms with Gasteiger partial charge in [0.15, 0.2) is 0 Å². The van der Waals surface area contributed by atoms with Crippen LogP contribution in [0.4, 0.5) is 5.69 Å². The number of hydrogen-bond donors (Lipinski definition) is 2. The summed E-state index contributed by atoms with van der Waals surface area (Å²) in [7, 11) is 0. The number of thiophene rings is 1.